The van der Waals surface area contributed by atoms with E-state index in [0.29, 0.717) is 48.5 Å². The number of aromatic carboxylic acids is 1. The normalized spacial score (nSPS) is 16.7. The molecular formula is C55H56Cl4I18N10O6. The second-order valence-corrected chi connectivity index (χ2v) is 413. The number of methoxy groups -OCH3 is 1. The van der Waals surface area contributed by atoms with Gasteiger partial charge in [0, 0.05) is 136 Å². The van der Waals surface area contributed by atoms with Crippen molar-refractivity contribution in [1.82, 2.24) is 39.7 Å². The van der Waals surface area contributed by atoms with Crippen molar-refractivity contribution in [3.63, 3.8) is 0 Å². The van der Waals surface area contributed by atoms with Crippen LogP contribution in [0.1, 0.15) is 81.1 Å². The van der Waals surface area contributed by atoms with Crippen molar-refractivity contribution in [2.75, 3.05) is 82.4 Å². The molecule has 0 radical (unpaired) electrons. The van der Waals surface area contributed by atoms with Crippen molar-refractivity contribution in [3.8, 4) is 22.5 Å². The first-order valence-corrected chi connectivity index (χ1v) is 136. The molecule has 8 aromatic rings. The number of carbonyl (C=O) groups is 2. The van der Waals surface area contributed by atoms with Crippen LogP contribution in [0.4, 0.5) is 11.4 Å². The molecule has 2 aliphatic carbocycles. The summed E-state index contributed by atoms with van der Waals surface area (Å²) in [4.78, 5) is 33.3. The van der Waals surface area contributed by atoms with Gasteiger partial charge in [-0.25, -0.2) is 9.59 Å². The summed E-state index contributed by atoms with van der Waals surface area (Å²) in [5, 5.41) is 31.1. The van der Waals surface area contributed by atoms with Gasteiger partial charge < -0.3 is 28.7 Å². The molecule has 0 spiro atoms. The molecule has 93 heavy (non-hydrogen) atoms. The van der Waals surface area contributed by atoms with Crippen molar-refractivity contribution in [2.45, 2.75) is 50.4 Å². The number of piperazine rings is 2. The Morgan fingerprint density at radius 3 is 1.24 bits per heavy atom. The summed E-state index contributed by atoms with van der Waals surface area (Å²) in [5.74, 6) is 1.51. The minimum atomic E-state index is -0.969. The number of carboxylic acid groups (broad SMARTS) is 1. The number of hydrogen-bond donors (Lipinski definition) is 1. The Hall–Kier alpha value is 7.00. The molecule has 0 amide bonds. The zero-order valence-electron chi connectivity index (χ0n) is 48.7. The number of carbonyl (C=O) groups excluding carboxylic acids is 1. The van der Waals surface area contributed by atoms with E-state index in [-0.39, 0.29) is 59.0 Å². The Balaban J connectivity index is 0.000000163. The standard InChI is InChI=1S/C28H29Cl2N5O3.C27H27Cl2N5O3.I18/c1-33-26(28(36)37-2)19-9-8-18(16-23(19)31-33)35-14-12-34(13-15-35)11-10-20-25(32-38-27(20)17-6-7-17)24-21(29)4-3-5-22(24)30;1-32-25(27(35)36)18-8-7-17(15-22(18)30-32)34-13-11-33(12-14-34)10-9-19-24(31-37-26(19)16-5-6-16)23-20(28)3-2-4-21(23)29;1-11(2)13(5)15(7)17(9)18(10)16(8)14(6)12(3)4/h3-5,8-9,16-17H,6-7,10-15H2,1-2H3;2-4,7-8,15-16H,5-6,9-14H2,1H3,(H,35,36);. The van der Waals surface area contributed by atoms with Gasteiger partial charge in [0.2, 0.25) is 0 Å². The number of fused-ring (bicyclic) bond motifs is 2. The molecule has 38 heteroatoms. The number of hydrogen-bond acceptors (Lipinski definition) is 13. The third-order valence-electron chi connectivity index (χ3n) is 15.6. The topological polar surface area (TPSA) is 164 Å². The minimum absolute atomic E-state index is 0.211. The first-order chi connectivity index (χ1) is 44.4. The number of aromatic nitrogens is 6. The number of ether oxygens (including phenoxy) is 1. The van der Waals surface area contributed by atoms with E-state index in [1.165, 1.54) is 11.8 Å². The first-order valence-electron chi connectivity index (χ1n) is 27.8. The van der Waals surface area contributed by atoms with E-state index in [2.05, 4.69) is 238 Å². The van der Waals surface area contributed by atoms with Crippen LogP contribution in [0.15, 0.2) is 81.8 Å². The summed E-state index contributed by atoms with van der Waals surface area (Å²) in [6, 6.07) is 22.9. The van der Waals surface area contributed by atoms with Crippen molar-refractivity contribution in [3.05, 3.63) is 127 Å². The summed E-state index contributed by atoms with van der Waals surface area (Å²) >= 11 is 56.0. The van der Waals surface area contributed by atoms with Crippen LogP contribution in [-0.2, 0) is 31.7 Å². The first kappa shape index (κ1) is 82.5. The van der Waals surface area contributed by atoms with Crippen molar-refractivity contribution in [2.24, 2.45) is 14.1 Å². The van der Waals surface area contributed by atoms with E-state index in [0.717, 1.165) is 171 Å². The van der Waals surface area contributed by atoms with Crippen LogP contribution in [0.25, 0.3) is 44.3 Å². The number of aryl methyl sites for hydroxylation is 2. The van der Waals surface area contributed by atoms with E-state index < -0.39 is 21.8 Å². The number of nitrogens with zero attached hydrogens (tertiary/aromatic N) is 10. The summed E-state index contributed by atoms with van der Waals surface area (Å²) in [6.45, 7) is 9.12. The number of rotatable bonds is 21. The summed E-state index contributed by atoms with van der Waals surface area (Å²) in [6.07, 6.45) is 6.19. The van der Waals surface area contributed by atoms with Gasteiger partial charge in [-0.2, -0.15) is 10.2 Å². The molecule has 4 aliphatic rings. The van der Waals surface area contributed by atoms with Crippen LogP contribution >= 0.6 is 296 Å². The fourth-order valence-electron chi connectivity index (χ4n) is 10.8. The Bertz CT molecular complexity index is 3880. The van der Waals surface area contributed by atoms with Gasteiger partial charge >= 0.3 is 261 Å². The molecule has 4 fully saturated rings. The molecular weight excluding hydrogens is 3320 g/mol. The van der Waals surface area contributed by atoms with Gasteiger partial charge in [0.05, 0.1) is 38.2 Å². The van der Waals surface area contributed by atoms with Gasteiger partial charge in [-0.1, -0.05) is 68.8 Å². The molecule has 12 rings (SSSR count). The van der Waals surface area contributed by atoms with Crippen LogP contribution in [0.3, 0.4) is 0 Å². The number of anilines is 2. The second kappa shape index (κ2) is 39.1. The number of esters is 1. The van der Waals surface area contributed by atoms with E-state index in [9.17, 15) is 14.7 Å². The molecule has 2 saturated carbocycles. The molecule has 2 saturated heterocycles. The van der Waals surface area contributed by atoms with Crippen LogP contribution in [0.2, 0.25) is 20.1 Å². The van der Waals surface area contributed by atoms with Gasteiger partial charge in [-0.3, -0.25) is 19.2 Å². The van der Waals surface area contributed by atoms with Gasteiger partial charge in [0.1, 0.15) is 22.9 Å². The third-order valence-corrected chi connectivity index (χ3v) is 1170. The van der Waals surface area contributed by atoms with Crippen molar-refractivity contribution < 1.29 is 28.5 Å². The average molecular weight is 3380 g/mol. The third kappa shape index (κ3) is 21.3. The predicted octanol–water partition coefficient (Wildman–Crippen LogP) is 27.0. The van der Waals surface area contributed by atoms with Gasteiger partial charge in [0.15, 0.2) is 11.4 Å². The summed E-state index contributed by atoms with van der Waals surface area (Å²) in [7, 11) is 1.68. The van der Waals surface area contributed by atoms with Gasteiger partial charge in [-0.15, -0.1) is 0 Å². The zero-order valence-corrected chi connectivity index (χ0v) is 90.5. The Labute approximate surface area is 687 Å². The molecule has 0 unspecified atom stereocenters. The average Bonchev–Trinajstić information content (AvgIpc) is 1.70. The quantitative estimate of drug-likeness (QED) is 0.0534. The van der Waals surface area contributed by atoms with Crippen LogP contribution in [-0.4, -0.2) is 129 Å². The van der Waals surface area contributed by atoms with Crippen molar-refractivity contribution in [1.29, 1.82) is 0 Å². The molecule has 4 aromatic heterocycles. The SMILES string of the molecule is COC(=O)c1c2ccc(N3CCN(CCc4c(-c5c(Cl)cccc5Cl)noc4C4CC4)CC3)cc2nn1C.Cn1nc2cc(N3CCN(CCc4c(-c5c(Cl)cccc5Cl)noc4C4CC4)CC3)ccc2c1C(=O)O.II(I)I(I)I(I)I(I)I(I)I(I)I(I)I(I)I. The molecule has 6 heterocycles. The molecule has 0 bridgehead atoms. The predicted molar refractivity (Wildman–Crippen MR) is 545 cm³/mol. The van der Waals surface area contributed by atoms with E-state index in [1.807, 2.05) is 60.7 Å². The van der Waals surface area contributed by atoms with E-state index in [4.69, 9.17) is 60.2 Å². The molecule has 4 aromatic carbocycles. The molecule has 1 N–H and O–H groups in total. The fourth-order valence-corrected chi connectivity index (χ4v) is 2530. The van der Waals surface area contributed by atoms with E-state index >= 15 is 0 Å². The number of halogens is 22. The number of benzene rings is 4. The molecule has 2 aliphatic heterocycles. The molecule has 16 nitrogen and oxygen atoms in total. The number of carboxylic acids is 1. The maximum atomic E-state index is 12.2. The molecule has 0 atom stereocenters. The Morgan fingerprint density at radius 1 is 0.538 bits per heavy atom. The summed E-state index contributed by atoms with van der Waals surface area (Å²) < 4.78 is 19.6. The maximum absolute atomic E-state index is 12.2. The zero-order chi connectivity index (χ0) is 66.7. The summed E-state index contributed by atoms with van der Waals surface area (Å²) in [5.41, 5.74) is 9.63. The van der Waals surface area contributed by atoms with Crippen molar-refractivity contribution >= 4 is 341 Å². The van der Waals surface area contributed by atoms with Gasteiger partial charge in [0.25, 0.3) is 0 Å². The second-order valence-electron chi connectivity index (χ2n) is 21.1. The van der Waals surface area contributed by atoms with Crippen LogP contribution in [0.5, 0.6) is 0 Å². The van der Waals surface area contributed by atoms with Gasteiger partial charge in [-0.05, 0) is 99.2 Å². The Morgan fingerprint density at radius 2 is 0.892 bits per heavy atom. The fraction of sp³-hybridized carbons (Fsp3) is 0.382. The van der Waals surface area contributed by atoms with E-state index in [1.54, 1.807) is 18.8 Å². The van der Waals surface area contributed by atoms with Crippen LogP contribution in [0, 0.1) is 0 Å². The van der Waals surface area contributed by atoms with Crippen LogP contribution < -0.4 is 9.80 Å². The Kier molecular flexibility index (Phi) is 34.7. The monoisotopic (exact) mass is 3380 g/mol. The molecule has 516 valence electrons.